The van der Waals surface area contributed by atoms with Crippen molar-refractivity contribution >= 4 is 5.91 Å². The second kappa shape index (κ2) is 4.09. The van der Waals surface area contributed by atoms with E-state index in [0.717, 1.165) is 12.0 Å². The zero-order valence-corrected chi connectivity index (χ0v) is 6.85. The molecule has 2 N–H and O–H groups in total. The molecule has 0 aromatic heterocycles. The minimum atomic E-state index is -0.295. The lowest BCUT2D eigenvalue weighted by molar-refractivity contribution is -0.115. The molecule has 1 amide bonds. The van der Waals surface area contributed by atoms with Gasteiger partial charge in [0.05, 0.1) is 0 Å². The molecule has 0 atom stereocenters. The monoisotopic (exact) mass is 141 g/mol. The molecule has 0 aliphatic heterocycles. The van der Waals surface area contributed by atoms with Crippen molar-refractivity contribution in [3.63, 3.8) is 0 Å². The number of allylic oxidation sites excluding steroid dienone is 1. The van der Waals surface area contributed by atoms with Crippen LogP contribution in [-0.4, -0.2) is 5.91 Å². The van der Waals surface area contributed by atoms with Crippen LogP contribution in [0.5, 0.6) is 0 Å². The number of carbonyl (C=O) groups excluding carboxylic acids is 1. The van der Waals surface area contributed by atoms with Gasteiger partial charge in [0, 0.05) is 5.57 Å². The molecule has 0 aliphatic rings. The lowest BCUT2D eigenvalue weighted by Crippen LogP contribution is -2.17. The first-order valence-corrected chi connectivity index (χ1v) is 3.59. The van der Waals surface area contributed by atoms with Crippen LogP contribution in [0.2, 0.25) is 0 Å². The molecular formula is C8H15NO. The van der Waals surface area contributed by atoms with E-state index in [1.807, 2.05) is 26.8 Å². The van der Waals surface area contributed by atoms with Gasteiger partial charge in [0.2, 0.25) is 5.91 Å². The summed E-state index contributed by atoms with van der Waals surface area (Å²) in [4.78, 5) is 10.7. The van der Waals surface area contributed by atoms with Crippen molar-refractivity contribution in [3.05, 3.63) is 11.6 Å². The number of amides is 1. The summed E-state index contributed by atoms with van der Waals surface area (Å²) in [7, 11) is 0. The maximum absolute atomic E-state index is 10.7. The van der Waals surface area contributed by atoms with E-state index in [-0.39, 0.29) is 11.8 Å². The van der Waals surface area contributed by atoms with Crippen LogP contribution in [0.1, 0.15) is 27.2 Å². The maximum atomic E-state index is 10.7. The molecule has 0 aromatic carbocycles. The first-order valence-electron chi connectivity index (χ1n) is 3.59. The average Bonchev–Trinajstić information content (AvgIpc) is 1.81. The fourth-order valence-corrected chi connectivity index (χ4v) is 0.841. The Labute approximate surface area is 62.1 Å². The number of hydrogen-bond donors (Lipinski definition) is 1. The highest BCUT2D eigenvalue weighted by molar-refractivity contribution is 5.92. The summed E-state index contributed by atoms with van der Waals surface area (Å²) in [5, 5.41) is 0. The van der Waals surface area contributed by atoms with Crippen LogP contribution in [0.3, 0.4) is 0 Å². The minimum Gasteiger partial charge on any atom is -0.366 e. The standard InChI is InChI=1S/C8H15NO/c1-4-5-7(6(2)3)8(9)10/h5-6H,4H2,1-3H3,(H2,9,10). The topological polar surface area (TPSA) is 43.1 Å². The zero-order chi connectivity index (χ0) is 8.15. The Morgan fingerprint density at radius 2 is 2.10 bits per heavy atom. The van der Waals surface area contributed by atoms with Gasteiger partial charge in [0.1, 0.15) is 0 Å². The molecule has 0 aromatic rings. The van der Waals surface area contributed by atoms with Gasteiger partial charge in [0.25, 0.3) is 0 Å². The maximum Gasteiger partial charge on any atom is 0.244 e. The number of primary amides is 1. The first-order chi connectivity index (χ1) is 4.59. The van der Waals surface area contributed by atoms with Crippen molar-refractivity contribution in [2.45, 2.75) is 27.2 Å². The van der Waals surface area contributed by atoms with E-state index in [1.54, 1.807) is 0 Å². The van der Waals surface area contributed by atoms with Crippen molar-refractivity contribution in [1.29, 1.82) is 0 Å². The van der Waals surface area contributed by atoms with E-state index >= 15 is 0 Å². The number of nitrogens with two attached hydrogens (primary N) is 1. The number of hydrogen-bond acceptors (Lipinski definition) is 1. The van der Waals surface area contributed by atoms with E-state index in [1.165, 1.54) is 0 Å². The van der Waals surface area contributed by atoms with Crippen molar-refractivity contribution in [2.75, 3.05) is 0 Å². The summed E-state index contributed by atoms with van der Waals surface area (Å²) in [5.74, 6) is -0.0469. The highest BCUT2D eigenvalue weighted by Crippen LogP contribution is 2.08. The van der Waals surface area contributed by atoms with E-state index in [2.05, 4.69) is 0 Å². The Kier molecular flexibility index (Phi) is 3.77. The molecule has 10 heavy (non-hydrogen) atoms. The summed E-state index contributed by atoms with van der Waals surface area (Å²) >= 11 is 0. The molecule has 0 saturated carbocycles. The normalized spacial score (nSPS) is 12.2. The van der Waals surface area contributed by atoms with Crippen LogP contribution in [0.4, 0.5) is 0 Å². The predicted octanol–water partition coefficient (Wildman–Crippen LogP) is 1.46. The van der Waals surface area contributed by atoms with Gasteiger partial charge in [-0.1, -0.05) is 26.8 Å². The van der Waals surface area contributed by atoms with Crippen LogP contribution < -0.4 is 5.73 Å². The van der Waals surface area contributed by atoms with Gasteiger partial charge < -0.3 is 5.73 Å². The molecule has 0 radical (unpaired) electrons. The van der Waals surface area contributed by atoms with Crippen molar-refractivity contribution in [3.8, 4) is 0 Å². The molecule has 2 heteroatoms. The van der Waals surface area contributed by atoms with Gasteiger partial charge in [-0.05, 0) is 12.3 Å². The molecule has 0 bridgehead atoms. The summed E-state index contributed by atoms with van der Waals surface area (Å²) in [6, 6.07) is 0. The summed E-state index contributed by atoms with van der Waals surface area (Å²) < 4.78 is 0. The van der Waals surface area contributed by atoms with E-state index in [4.69, 9.17) is 5.73 Å². The van der Waals surface area contributed by atoms with E-state index in [9.17, 15) is 4.79 Å². The molecule has 0 spiro atoms. The molecular weight excluding hydrogens is 126 g/mol. The lowest BCUT2D eigenvalue weighted by Gasteiger charge is -2.05. The molecule has 0 unspecified atom stereocenters. The van der Waals surface area contributed by atoms with Gasteiger partial charge >= 0.3 is 0 Å². The summed E-state index contributed by atoms with van der Waals surface area (Å²) in [5.41, 5.74) is 5.85. The average molecular weight is 141 g/mol. The van der Waals surface area contributed by atoms with Gasteiger partial charge in [-0.3, -0.25) is 4.79 Å². The number of rotatable bonds is 3. The van der Waals surface area contributed by atoms with Gasteiger partial charge in [0.15, 0.2) is 0 Å². The third-order valence-corrected chi connectivity index (χ3v) is 1.33. The molecule has 0 rings (SSSR count). The van der Waals surface area contributed by atoms with E-state index in [0.29, 0.717) is 0 Å². The van der Waals surface area contributed by atoms with Crippen LogP contribution in [0.25, 0.3) is 0 Å². The second-order valence-corrected chi connectivity index (χ2v) is 2.59. The third-order valence-electron chi connectivity index (χ3n) is 1.33. The zero-order valence-electron chi connectivity index (χ0n) is 6.85. The quantitative estimate of drug-likeness (QED) is 0.594. The Morgan fingerprint density at radius 3 is 2.20 bits per heavy atom. The smallest absolute Gasteiger partial charge is 0.244 e. The highest BCUT2D eigenvalue weighted by Gasteiger charge is 2.07. The van der Waals surface area contributed by atoms with Crippen molar-refractivity contribution in [2.24, 2.45) is 11.7 Å². The SMILES string of the molecule is CCC=C(C(N)=O)C(C)C. The molecule has 0 heterocycles. The predicted molar refractivity (Wildman–Crippen MR) is 42.4 cm³/mol. The summed E-state index contributed by atoms with van der Waals surface area (Å²) in [6.45, 7) is 5.92. The minimum absolute atomic E-state index is 0.248. The Hall–Kier alpha value is -0.790. The lowest BCUT2D eigenvalue weighted by atomic mass is 10.0. The van der Waals surface area contributed by atoms with Crippen LogP contribution in [0, 0.1) is 5.92 Å². The second-order valence-electron chi connectivity index (χ2n) is 2.59. The van der Waals surface area contributed by atoms with Crippen LogP contribution >= 0.6 is 0 Å². The van der Waals surface area contributed by atoms with E-state index < -0.39 is 0 Å². The molecule has 0 saturated heterocycles. The fourth-order valence-electron chi connectivity index (χ4n) is 0.841. The fraction of sp³-hybridized carbons (Fsp3) is 0.625. The first kappa shape index (κ1) is 9.21. The molecule has 2 nitrogen and oxygen atoms in total. The Balaban J connectivity index is 4.27. The largest absolute Gasteiger partial charge is 0.366 e. The van der Waals surface area contributed by atoms with Crippen LogP contribution in [-0.2, 0) is 4.79 Å². The number of carbonyl (C=O) groups is 1. The van der Waals surface area contributed by atoms with Gasteiger partial charge in [-0.25, -0.2) is 0 Å². The molecule has 0 fully saturated rings. The Morgan fingerprint density at radius 1 is 1.60 bits per heavy atom. The summed E-state index contributed by atoms with van der Waals surface area (Å²) in [6.07, 6.45) is 2.75. The van der Waals surface area contributed by atoms with Gasteiger partial charge in [-0.15, -0.1) is 0 Å². The van der Waals surface area contributed by atoms with Crippen molar-refractivity contribution < 1.29 is 4.79 Å². The third kappa shape index (κ3) is 2.67. The van der Waals surface area contributed by atoms with Crippen LogP contribution in [0.15, 0.2) is 11.6 Å². The molecule has 0 aliphatic carbocycles. The van der Waals surface area contributed by atoms with Crippen molar-refractivity contribution in [1.82, 2.24) is 0 Å². The van der Waals surface area contributed by atoms with Gasteiger partial charge in [-0.2, -0.15) is 0 Å². The highest BCUT2D eigenvalue weighted by atomic mass is 16.1. The Bertz CT molecular complexity index is 147. The molecule has 58 valence electrons.